The minimum atomic E-state index is -0.749. The summed E-state index contributed by atoms with van der Waals surface area (Å²) in [6.07, 6.45) is 0.277. The van der Waals surface area contributed by atoms with Gasteiger partial charge in [-0.3, -0.25) is 4.79 Å². The summed E-state index contributed by atoms with van der Waals surface area (Å²) in [4.78, 5) is 11.2. The zero-order valence-corrected chi connectivity index (χ0v) is 9.63. The molecule has 1 atom stereocenters. The number of nitrogens with two attached hydrogens (primary N) is 1. The molecule has 5 heteroatoms. The Balaban J connectivity index is 2.66. The van der Waals surface area contributed by atoms with Crippen molar-refractivity contribution in [2.45, 2.75) is 19.4 Å². The van der Waals surface area contributed by atoms with Crippen molar-refractivity contribution < 1.29 is 13.9 Å². The Kier molecular flexibility index (Phi) is 4.71. The predicted octanol–water partition coefficient (Wildman–Crippen LogP) is 1.91. The third-order valence-corrected chi connectivity index (χ3v) is 2.32. The first kappa shape index (κ1) is 12.9. The van der Waals surface area contributed by atoms with Crippen molar-refractivity contribution in [2.75, 3.05) is 6.61 Å². The van der Waals surface area contributed by atoms with Gasteiger partial charge in [0.25, 0.3) is 0 Å². The highest BCUT2D eigenvalue weighted by Gasteiger charge is 2.15. The van der Waals surface area contributed by atoms with Gasteiger partial charge in [0.05, 0.1) is 11.6 Å². The molecule has 16 heavy (non-hydrogen) atoms. The molecule has 0 saturated heterocycles. The molecule has 0 aromatic heterocycles. The molecule has 0 aliphatic carbocycles. The van der Waals surface area contributed by atoms with Gasteiger partial charge in [0.2, 0.25) is 0 Å². The van der Waals surface area contributed by atoms with Crippen LogP contribution in [-0.4, -0.2) is 18.6 Å². The molecule has 1 aromatic carbocycles. The lowest BCUT2D eigenvalue weighted by molar-refractivity contribution is -0.144. The Bertz CT molecular complexity index is 384. The molecule has 1 rings (SSSR count). The first-order chi connectivity index (χ1) is 7.54. The smallest absolute Gasteiger partial charge is 0.323 e. The van der Waals surface area contributed by atoms with Crippen molar-refractivity contribution >= 4 is 17.6 Å². The Morgan fingerprint density at radius 2 is 2.31 bits per heavy atom. The van der Waals surface area contributed by atoms with Crippen LogP contribution >= 0.6 is 11.6 Å². The largest absolute Gasteiger partial charge is 0.465 e. The van der Waals surface area contributed by atoms with E-state index in [1.807, 2.05) is 0 Å². The van der Waals surface area contributed by atoms with Gasteiger partial charge >= 0.3 is 5.97 Å². The van der Waals surface area contributed by atoms with Crippen LogP contribution in [0.1, 0.15) is 12.5 Å². The van der Waals surface area contributed by atoms with Crippen LogP contribution < -0.4 is 5.73 Å². The number of rotatable bonds is 4. The van der Waals surface area contributed by atoms with E-state index in [2.05, 4.69) is 0 Å². The van der Waals surface area contributed by atoms with E-state index in [4.69, 9.17) is 22.1 Å². The van der Waals surface area contributed by atoms with Gasteiger partial charge in [0.1, 0.15) is 11.9 Å². The van der Waals surface area contributed by atoms with Crippen molar-refractivity contribution in [2.24, 2.45) is 5.73 Å². The molecule has 0 saturated carbocycles. The predicted molar refractivity (Wildman–Crippen MR) is 59.7 cm³/mol. The fourth-order valence-electron chi connectivity index (χ4n) is 1.25. The molecular weight excluding hydrogens is 233 g/mol. The van der Waals surface area contributed by atoms with Crippen LogP contribution in [0.3, 0.4) is 0 Å². The molecule has 1 aromatic rings. The van der Waals surface area contributed by atoms with Crippen LogP contribution in [0.15, 0.2) is 18.2 Å². The standard InChI is InChI=1S/C11H13ClFNO2/c1-2-16-11(15)10(14)6-7-3-4-9(13)8(12)5-7/h3-5,10H,2,6,14H2,1H3. The molecular formula is C11H13ClFNO2. The molecule has 0 aliphatic rings. The van der Waals surface area contributed by atoms with Crippen LogP contribution in [0.4, 0.5) is 4.39 Å². The minimum absolute atomic E-state index is 0.0218. The number of carbonyl (C=O) groups is 1. The van der Waals surface area contributed by atoms with Crippen molar-refractivity contribution in [3.8, 4) is 0 Å². The highest BCUT2D eigenvalue weighted by molar-refractivity contribution is 6.30. The summed E-state index contributed by atoms with van der Waals surface area (Å²) in [6.45, 7) is 2.00. The Morgan fingerprint density at radius 1 is 1.62 bits per heavy atom. The van der Waals surface area contributed by atoms with Crippen LogP contribution in [-0.2, 0) is 16.0 Å². The van der Waals surface area contributed by atoms with E-state index in [9.17, 15) is 9.18 Å². The summed E-state index contributed by atoms with van der Waals surface area (Å²) in [7, 11) is 0. The maximum Gasteiger partial charge on any atom is 0.323 e. The van der Waals surface area contributed by atoms with Crippen molar-refractivity contribution in [1.29, 1.82) is 0 Å². The van der Waals surface area contributed by atoms with Crippen LogP contribution in [0, 0.1) is 5.82 Å². The van der Waals surface area contributed by atoms with E-state index >= 15 is 0 Å². The van der Waals surface area contributed by atoms with E-state index < -0.39 is 17.8 Å². The first-order valence-corrected chi connectivity index (χ1v) is 5.28. The monoisotopic (exact) mass is 245 g/mol. The number of hydrogen-bond acceptors (Lipinski definition) is 3. The van der Waals surface area contributed by atoms with Gasteiger partial charge in [0.15, 0.2) is 0 Å². The van der Waals surface area contributed by atoms with Gasteiger partial charge in [-0.15, -0.1) is 0 Å². The second-order valence-electron chi connectivity index (χ2n) is 3.31. The van der Waals surface area contributed by atoms with Crippen LogP contribution in [0.25, 0.3) is 0 Å². The molecule has 0 amide bonds. The van der Waals surface area contributed by atoms with Gasteiger partial charge in [-0.25, -0.2) is 4.39 Å². The molecule has 2 N–H and O–H groups in total. The second kappa shape index (κ2) is 5.82. The molecule has 1 unspecified atom stereocenters. The quantitative estimate of drug-likeness (QED) is 0.825. The number of carbonyl (C=O) groups excluding carboxylic acids is 1. The molecule has 0 aliphatic heterocycles. The Morgan fingerprint density at radius 3 is 2.88 bits per heavy atom. The number of ether oxygens (including phenoxy) is 1. The highest BCUT2D eigenvalue weighted by atomic mass is 35.5. The van der Waals surface area contributed by atoms with Gasteiger partial charge in [-0.1, -0.05) is 17.7 Å². The molecule has 0 fully saturated rings. The lowest BCUT2D eigenvalue weighted by Crippen LogP contribution is -2.34. The zero-order valence-electron chi connectivity index (χ0n) is 8.87. The molecule has 3 nitrogen and oxygen atoms in total. The SMILES string of the molecule is CCOC(=O)C(N)Cc1ccc(F)c(Cl)c1. The van der Waals surface area contributed by atoms with Gasteiger partial charge in [-0.2, -0.15) is 0 Å². The summed E-state index contributed by atoms with van der Waals surface area (Å²) in [5.41, 5.74) is 6.31. The summed E-state index contributed by atoms with van der Waals surface area (Å²) in [5, 5.41) is 0.0218. The topological polar surface area (TPSA) is 52.3 Å². The summed E-state index contributed by atoms with van der Waals surface area (Å²) >= 11 is 5.61. The van der Waals surface area contributed by atoms with Crippen molar-refractivity contribution in [3.63, 3.8) is 0 Å². The highest BCUT2D eigenvalue weighted by Crippen LogP contribution is 2.16. The number of benzene rings is 1. The van der Waals surface area contributed by atoms with E-state index in [1.165, 1.54) is 12.1 Å². The van der Waals surface area contributed by atoms with Gasteiger partial charge in [0, 0.05) is 0 Å². The zero-order chi connectivity index (χ0) is 12.1. The fraction of sp³-hybridized carbons (Fsp3) is 0.364. The van der Waals surface area contributed by atoms with Gasteiger partial charge < -0.3 is 10.5 Å². The maximum absolute atomic E-state index is 12.9. The number of esters is 1. The lowest BCUT2D eigenvalue weighted by Gasteiger charge is -2.10. The second-order valence-corrected chi connectivity index (χ2v) is 3.72. The van der Waals surface area contributed by atoms with E-state index in [-0.39, 0.29) is 18.1 Å². The van der Waals surface area contributed by atoms with E-state index in [0.29, 0.717) is 5.56 Å². The fourth-order valence-corrected chi connectivity index (χ4v) is 1.46. The molecule has 0 spiro atoms. The van der Waals surface area contributed by atoms with Gasteiger partial charge in [-0.05, 0) is 31.0 Å². The maximum atomic E-state index is 12.9. The van der Waals surface area contributed by atoms with Crippen molar-refractivity contribution in [1.82, 2.24) is 0 Å². The van der Waals surface area contributed by atoms with E-state index in [1.54, 1.807) is 13.0 Å². The third kappa shape index (κ3) is 3.47. The van der Waals surface area contributed by atoms with Crippen LogP contribution in [0.2, 0.25) is 5.02 Å². The van der Waals surface area contributed by atoms with Crippen LogP contribution in [0.5, 0.6) is 0 Å². The lowest BCUT2D eigenvalue weighted by atomic mass is 10.1. The molecule has 88 valence electrons. The summed E-state index contributed by atoms with van der Waals surface area (Å²) in [6, 6.07) is 3.49. The summed E-state index contributed by atoms with van der Waals surface area (Å²) in [5.74, 6) is -0.960. The number of halogens is 2. The third-order valence-electron chi connectivity index (χ3n) is 2.03. The average molecular weight is 246 g/mol. The normalized spacial score (nSPS) is 12.2. The molecule has 0 bridgehead atoms. The minimum Gasteiger partial charge on any atom is -0.465 e. The molecule has 0 heterocycles. The Labute approximate surface area is 98.3 Å². The summed E-state index contributed by atoms with van der Waals surface area (Å²) < 4.78 is 17.6. The van der Waals surface area contributed by atoms with Crippen molar-refractivity contribution in [3.05, 3.63) is 34.6 Å². The Hall–Kier alpha value is -1.13. The molecule has 0 radical (unpaired) electrons. The first-order valence-electron chi connectivity index (χ1n) is 4.90. The average Bonchev–Trinajstić information content (AvgIpc) is 2.24. The van der Waals surface area contributed by atoms with E-state index in [0.717, 1.165) is 0 Å². The number of hydrogen-bond donors (Lipinski definition) is 1.